The third-order valence-corrected chi connectivity index (χ3v) is 6.68. The number of hydrogen-bond donors (Lipinski definition) is 2. The number of aliphatic hydroxyl groups is 1. The van der Waals surface area contributed by atoms with Crippen LogP contribution < -0.4 is 4.90 Å². The van der Waals surface area contributed by atoms with Crippen LogP contribution in [0, 0.1) is 0 Å². The zero-order chi connectivity index (χ0) is 19.4. The van der Waals surface area contributed by atoms with E-state index in [4.69, 9.17) is 0 Å². The molecule has 2 aliphatic rings. The normalized spacial score (nSPS) is 19.9. The minimum atomic E-state index is -0.237. The maximum atomic E-state index is 9.87. The van der Waals surface area contributed by atoms with Gasteiger partial charge in [-0.1, -0.05) is 18.6 Å². The second-order valence-electron chi connectivity index (χ2n) is 8.48. The molecule has 146 valence electrons. The Labute approximate surface area is 169 Å². The molecule has 2 fully saturated rings. The summed E-state index contributed by atoms with van der Waals surface area (Å²) in [7, 11) is 0. The summed E-state index contributed by atoms with van der Waals surface area (Å²) in [6.45, 7) is 1.56. The molecule has 5 nitrogen and oxygen atoms in total. The molecular formula is C24H24N4O. The van der Waals surface area contributed by atoms with E-state index in [1.165, 1.54) is 46.5 Å². The number of anilines is 1. The lowest BCUT2D eigenvalue weighted by Gasteiger charge is -2.25. The molecule has 29 heavy (non-hydrogen) atoms. The van der Waals surface area contributed by atoms with Gasteiger partial charge in [-0.2, -0.15) is 0 Å². The maximum Gasteiger partial charge on any atom is 0.138 e. The van der Waals surface area contributed by atoms with Crippen molar-refractivity contribution in [2.45, 2.75) is 37.7 Å². The fourth-order valence-electron chi connectivity index (χ4n) is 4.79. The molecule has 1 saturated heterocycles. The monoisotopic (exact) mass is 384 g/mol. The first-order valence-electron chi connectivity index (χ1n) is 10.5. The number of β-amino-alcohol motifs (C(OH)–C–C–N with tert-alkyl or cyclic N) is 1. The number of benzene rings is 1. The van der Waals surface area contributed by atoms with Crippen LogP contribution in [0.5, 0.6) is 0 Å². The number of pyridine rings is 2. The topological polar surface area (TPSA) is 65.0 Å². The van der Waals surface area contributed by atoms with Crippen molar-refractivity contribution in [2.24, 2.45) is 0 Å². The van der Waals surface area contributed by atoms with Crippen LogP contribution in [0.15, 0.2) is 49.1 Å². The van der Waals surface area contributed by atoms with Crippen LogP contribution in [-0.4, -0.2) is 39.3 Å². The first-order valence-corrected chi connectivity index (χ1v) is 10.5. The van der Waals surface area contributed by atoms with E-state index in [0.29, 0.717) is 12.5 Å². The molecule has 6 rings (SSSR count). The van der Waals surface area contributed by atoms with E-state index in [0.717, 1.165) is 29.9 Å². The number of fused-ring (bicyclic) bond motifs is 3. The molecule has 0 radical (unpaired) electrons. The third kappa shape index (κ3) is 2.80. The lowest BCUT2D eigenvalue weighted by atomic mass is 9.79. The summed E-state index contributed by atoms with van der Waals surface area (Å²) in [5.41, 5.74) is 5.75. The van der Waals surface area contributed by atoms with Gasteiger partial charge in [0.05, 0.1) is 18.0 Å². The second-order valence-corrected chi connectivity index (χ2v) is 8.48. The van der Waals surface area contributed by atoms with Gasteiger partial charge >= 0.3 is 0 Å². The van der Waals surface area contributed by atoms with E-state index in [1.54, 1.807) is 0 Å². The molecule has 0 unspecified atom stereocenters. The predicted octanol–water partition coefficient (Wildman–Crippen LogP) is 4.62. The first kappa shape index (κ1) is 17.0. The van der Waals surface area contributed by atoms with E-state index >= 15 is 0 Å². The van der Waals surface area contributed by atoms with E-state index in [1.807, 2.05) is 18.6 Å². The molecule has 5 heteroatoms. The van der Waals surface area contributed by atoms with Crippen molar-refractivity contribution in [3.05, 3.63) is 54.6 Å². The van der Waals surface area contributed by atoms with Gasteiger partial charge < -0.3 is 15.0 Å². The molecule has 4 aromatic rings. The Hall–Kier alpha value is -2.92. The Morgan fingerprint density at radius 3 is 2.76 bits per heavy atom. The van der Waals surface area contributed by atoms with Crippen molar-refractivity contribution in [2.75, 3.05) is 18.0 Å². The number of rotatable bonds is 3. The SMILES string of the molecule is O[C@@H]1CCN(c2cncc(-c3ccc4cnc5[nH]cc(C6CCC6)c5c4c3)c2)C1. The quantitative estimate of drug-likeness (QED) is 0.541. The van der Waals surface area contributed by atoms with Crippen molar-refractivity contribution in [3.8, 4) is 11.1 Å². The van der Waals surface area contributed by atoms with Gasteiger partial charge in [0.1, 0.15) is 5.65 Å². The number of nitrogens with one attached hydrogen (secondary N) is 1. The van der Waals surface area contributed by atoms with Gasteiger partial charge in [0, 0.05) is 48.0 Å². The summed E-state index contributed by atoms with van der Waals surface area (Å²) in [5.74, 6) is 0.659. The fraction of sp³-hybridized carbons (Fsp3) is 0.333. The summed E-state index contributed by atoms with van der Waals surface area (Å²) >= 11 is 0. The summed E-state index contributed by atoms with van der Waals surface area (Å²) in [6.07, 6.45) is 12.4. The summed E-state index contributed by atoms with van der Waals surface area (Å²) in [4.78, 5) is 14.7. The number of aliphatic hydroxyl groups excluding tert-OH is 1. The highest BCUT2D eigenvalue weighted by Gasteiger charge is 2.24. The van der Waals surface area contributed by atoms with Crippen LogP contribution >= 0.6 is 0 Å². The Morgan fingerprint density at radius 2 is 1.97 bits per heavy atom. The van der Waals surface area contributed by atoms with Crippen LogP contribution in [0.4, 0.5) is 5.69 Å². The van der Waals surface area contributed by atoms with Crippen molar-refractivity contribution < 1.29 is 5.11 Å². The Kier molecular flexibility index (Phi) is 3.84. The molecule has 0 bridgehead atoms. The summed E-state index contributed by atoms with van der Waals surface area (Å²) in [6, 6.07) is 8.80. The predicted molar refractivity (Wildman–Crippen MR) is 116 cm³/mol. The minimum absolute atomic E-state index is 0.237. The molecule has 0 amide bonds. The lowest BCUT2D eigenvalue weighted by Crippen LogP contribution is -2.21. The molecule has 4 heterocycles. The zero-order valence-electron chi connectivity index (χ0n) is 16.3. The van der Waals surface area contributed by atoms with Gasteiger partial charge in [-0.15, -0.1) is 0 Å². The number of hydrogen-bond acceptors (Lipinski definition) is 4. The smallest absolute Gasteiger partial charge is 0.138 e. The van der Waals surface area contributed by atoms with Crippen LogP contribution in [-0.2, 0) is 0 Å². The Bertz CT molecular complexity index is 1210. The molecule has 1 aliphatic heterocycles. The number of aromatic amines is 1. The minimum Gasteiger partial charge on any atom is -0.391 e. The largest absolute Gasteiger partial charge is 0.391 e. The van der Waals surface area contributed by atoms with Crippen molar-refractivity contribution in [3.63, 3.8) is 0 Å². The molecule has 3 aromatic heterocycles. The summed E-state index contributed by atoms with van der Waals surface area (Å²) in [5, 5.41) is 13.6. The highest BCUT2D eigenvalue weighted by atomic mass is 16.3. The standard InChI is InChI=1S/C24H24N4O/c29-20-6-7-28(14-20)19-8-18(10-25-12-19)16-4-5-17-11-26-24-23(21(17)9-16)22(13-27-24)15-2-1-3-15/h4-5,8-13,15,20,29H,1-3,6-7,14H2,(H,26,27)/t20-/m1/s1. The summed E-state index contributed by atoms with van der Waals surface area (Å²) < 4.78 is 0. The lowest BCUT2D eigenvalue weighted by molar-refractivity contribution is 0.198. The van der Waals surface area contributed by atoms with Gasteiger partial charge in [0.15, 0.2) is 0 Å². The fourth-order valence-corrected chi connectivity index (χ4v) is 4.79. The van der Waals surface area contributed by atoms with Crippen molar-refractivity contribution in [1.29, 1.82) is 0 Å². The van der Waals surface area contributed by atoms with Gasteiger partial charge in [0.2, 0.25) is 0 Å². The highest BCUT2D eigenvalue weighted by molar-refractivity contribution is 6.08. The molecule has 2 N–H and O–H groups in total. The average Bonchev–Trinajstić information content (AvgIpc) is 3.33. The van der Waals surface area contributed by atoms with Crippen LogP contribution in [0.3, 0.4) is 0 Å². The number of aromatic nitrogens is 3. The molecule has 0 spiro atoms. The van der Waals surface area contributed by atoms with E-state index in [9.17, 15) is 5.11 Å². The highest BCUT2D eigenvalue weighted by Crippen LogP contribution is 2.42. The molecule has 1 aliphatic carbocycles. The van der Waals surface area contributed by atoms with Crippen LogP contribution in [0.1, 0.15) is 37.2 Å². The van der Waals surface area contributed by atoms with E-state index in [2.05, 4.69) is 50.3 Å². The molecule has 1 saturated carbocycles. The van der Waals surface area contributed by atoms with Gasteiger partial charge in [-0.3, -0.25) is 4.98 Å². The van der Waals surface area contributed by atoms with Crippen molar-refractivity contribution >= 4 is 27.5 Å². The number of nitrogens with zero attached hydrogens (tertiary/aromatic N) is 3. The molecule has 1 atom stereocenters. The Balaban J connectivity index is 1.47. The van der Waals surface area contributed by atoms with Gasteiger partial charge in [-0.05, 0) is 53.8 Å². The van der Waals surface area contributed by atoms with Gasteiger partial charge in [0.25, 0.3) is 0 Å². The maximum absolute atomic E-state index is 9.87. The molecule has 1 aromatic carbocycles. The number of H-pyrrole nitrogens is 1. The first-order chi connectivity index (χ1) is 14.3. The third-order valence-electron chi connectivity index (χ3n) is 6.68. The second kappa shape index (κ2) is 6.56. The average molecular weight is 384 g/mol. The van der Waals surface area contributed by atoms with Crippen molar-refractivity contribution in [1.82, 2.24) is 15.0 Å². The van der Waals surface area contributed by atoms with E-state index < -0.39 is 0 Å². The molecular weight excluding hydrogens is 360 g/mol. The zero-order valence-corrected chi connectivity index (χ0v) is 16.3. The van der Waals surface area contributed by atoms with Crippen LogP contribution in [0.2, 0.25) is 0 Å². The Morgan fingerprint density at radius 1 is 1.03 bits per heavy atom. The van der Waals surface area contributed by atoms with Crippen LogP contribution in [0.25, 0.3) is 32.9 Å². The van der Waals surface area contributed by atoms with Gasteiger partial charge in [-0.25, -0.2) is 4.98 Å². The van der Waals surface area contributed by atoms with E-state index in [-0.39, 0.29) is 6.10 Å².